The van der Waals surface area contributed by atoms with Crippen LogP contribution in [0.5, 0.6) is 0 Å². The fourth-order valence-corrected chi connectivity index (χ4v) is 2.75. The topological polar surface area (TPSA) is 105 Å². The minimum absolute atomic E-state index is 0.0521. The monoisotopic (exact) mass is 316 g/mol. The number of carbonyl (C=O) groups is 1. The second-order valence-electron chi connectivity index (χ2n) is 5.56. The third-order valence-electron chi connectivity index (χ3n) is 4.23. The summed E-state index contributed by atoms with van der Waals surface area (Å²) in [5.74, 6) is 0.498. The van der Waals surface area contributed by atoms with Crippen LogP contribution in [0.4, 0.5) is 0 Å². The summed E-state index contributed by atoms with van der Waals surface area (Å²) < 4.78 is 5.52. The number of ether oxygens (including phenoxy) is 1. The van der Waals surface area contributed by atoms with E-state index in [4.69, 9.17) is 4.74 Å². The Labute approximate surface area is 134 Å². The molecule has 3 rings (SSSR count). The highest BCUT2D eigenvalue weighted by Crippen LogP contribution is 2.23. The Balaban J connectivity index is 1.60. The number of hydrogen-bond acceptors (Lipinski definition) is 6. The van der Waals surface area contributed by atoms with Crippen LogP contribution in [0.3, 0.4) is 0 Å². The van der Waals surface area contributed by atoms with Crippen LogP contribution in [-0.4, -0.2) is 52.3 Å². The van der Waals surface area contributed by atoms with E-state index < -0.39 is 5.60 Å². The van der Waals surface area contributed by atoms with Gasteiger partial charge in [-0.2, -0.15) is 5.21 Å². The molecular formula is C15H20N6O2. The molecule has 0 saturated carbocycles. The molecule has 8 nitrogen and oxygen atoms in total. The first-order valence-corrected chi connectivity index (χ1v) is 7.60. The molecule has 8 heteroatoms. The number of carbonyl (C=O) groups excluding carboxylic acids is 1. The van der Waals surface area contributed by atoms with E-state index in [1.165, 1.54) is 0 Å². The lowest BCUT2D eigenvalue weighted by Gasteiger charge is -2.34. The van der Waals surface area contributed by atoms with Crippen molar-refractivity contribution in [2.24, 2.45) is 0 Å². The van der Waals surface area contributed by atoms with E-state index in [2.05, 4.69) is 31.3 Å². The van der Waals surface area contributed by atoms with Crippen molar-refractivity contribution < 1.29 is 9.53 Å². The smallest absolute Gasteiger partial charge is 0.252 e. The number of H-pyrrole nitrogens is 1. The van der Waals surface area contributed by atoms with Gasteiger partial charge in [-0.25, -0.2) is 0 Å². The normalized spacial score (nSPS) is 16.9. The van der Waals surface area contributed by atoms with Crippen molar-refractivity contribution in [2.75, 3.05) is 20.2 Å². The van der Waals surface area contributed by atoms with Gasteiger partial charge in [-0.1, -0.05) is 24.3 Å². The molecule has 1 fully saturated rings. The van der Waals surface area contributed by atoms with Crippen molar-refractivity contribution in [2.45, 2.75) is 25.0 Å². The fraction of sp³-hybridized carbons (Fsp3) is 0.467. The first-order chi connectivity index (χ1) is 11.2. The molecule has 2 aromatic rings. The Morgan fingerprint density at radius 2 is 2.04 bits per heavy atom. The quantitative estimate of drug-likeness (QED) is 0.730. The van der Waals surface area contributed by atoms with Gasteiger partial charge in [-0.05, 0) is 36.7 Å². The SMILES string of the molecule is COC1(C(=O)NCc2ccc(-c3nn[nH]n3)cc2)CCNCC1. The first kappa shape index (κ1) is 15.6. The van der Waals surface area contributed by atoms with E-state index in [0.29, 0.717) is 25.2 Å². The molecule has 1 aliphatic heterocycles. The third-order valence-corrected chi connectivity index (χ3v) is 4.23. The van der Waals surface area contributed by atoms with Crippen LogP contribution in [-0.2, 0) is 16.1 Å². The van der Waals surface area contributed by atoms with Gasteiger partial charge in [0.15, 0.2) is 0 Å². The summed E-state index contributed by atoms with van der Waals surface area (Å²) >= 11 is 0. The molecule has 0 aliphatic carbocycles. The zero-order valence-electron chi connectivity index (χ0n) is 13.0. The lowest BCUT2D eigenvalue weighted by atomic mass is 9.91. The van der Waals surface area contributed by atoms with E-state index in [0.717, 1.165) is 24.2 Å². The Bertz CT molecular complexity index is 634. The Morgan fingerprint density at radius 1 is 1.30 bits per heavy atom. The number of rotatable bonds is 5. The molecule has 23 heavy (non-hydrogen) atoms. The van der Waals surface area contributed by atoms with Crippen molar-refractivity contribution >= 4 is 5.91 Å². The van der Waals surface area contributed by atoms with Crippen LogP contribution in [0.1, 0.15) is 18.4 Å². The van der Waals surface area contributed by atoms with Crippen LogP contribution in [0.15, 0.2) is 24.3 Å². The second kappa shape index (κ2) is 6.84. The van der Waals surface area contributed by atoms with Gasteiger partial charge < -0.3 is 15.4 Å². The minimum Gasteiger partial charge on any atom is -0.368 e. The first-order valence-electron chi connectivity index (χ1n) is 7.60. The number of methoxy groups -OCH3 is 1. The van der Waals surface area contributed by atoms with Gasteiger partial charge in [0.05, 0.1) is 0 Å². The maximum Gasteiger partial charge on any atom is 0.252 e. The molecule has 0 radical (unpaired) electrons. The predicted octanol–water partition coefficient (Wildman–Crippen LogP) is 0.251. The summed E-state index contributed by atoms with van der Waals surface area (Å²) in [6.07, 6.45) is 1.37. The molecule has 3 N–H and O–H groups in total. The summed E-state index contributed by atoms with van der Waals surface area (Å²) in [5.41, 5.74) is 1.17. The largest absolute Gasteiger partial charge is 0.368 e. The molecule has 0 spiro atoms. The van der Waals surface area contributed by atoms with E-state index in [1.807, 2.05) is 24.3 Å². The molecule has 0 atom stereocenters. The predicted molar refractivity (Wildman–Crippen MR) is 83.3 cm³/mol. The molecule has 0 unspecified atom stereocenters. The number of nitrogens with one attached hydrogen (secondary N) is 3. The number of tetrazole rings is 1. The zero-order chi connectivity index (χ0) is 16.1. The molecule has 2 heterocycles. The van der Waals surface area contributed by atoms with Gasteiger partial charge >= 0.3 is 0 Å². The van der Waals surface area contributed by atoms with Gasteiger partial charge in [-0.3, -0.25) is 4.79 Å². The number of nitrogens with zero attached hydrogens (tertiary/aromatic N) is 3. The molecule has 0 bridgehead atoms. The lowest BCUT2D eigenvalue weighted by molar-refractivity contribution is -0.146. The standard InChI is InChI=1S/C15H20N6O2/c1-23-15(6-8-16-9-7-15)14(22)17-10-11-2-4-12(5-3-11)13-18-20-21-19-13/h2-5,16H,6-10H2,1H3,(H,17,22)(H,18,19,20,21). The highest BCUT2D eigenvalue weighted by molar-refractivity contribution is 5.85. The highest BCUT2D eigenvalue weighted by atomic mass is 16.5. The number of piperidine rings is 1. The summed E-state index contributed by atoms with van der Waals surface area (Å²) in [7, 11) is 1.60. The van der Waals surface area contributed by atoms with Crippen molar-refractivity contribution in [1.82, 2.24) is 31.3 Å². The zero-order valence-corrected chi connectivity index (χ0v) is 13.0. The van der Waals surface area contributed by atoms with Gasteiger partial charge in [0.2, 0.25) is 5.82 Å². The van der Waals surface area contributed by atoms with Crippen molar-refractivity contribution in [3.63, 3.8) is 0 Å². The van der Waals surface area contributed by atoms with Gasteiger partial charge in [0, 0.05) is 19.2 Å². The highest BCUT2D eigenvalue weighted by Gasteiger charge is 2.39. The molecule has 1 amide bonds. The second-order valence-corrected chi connectivity index (χ2v) is 5.56. The van der Waals surface area contributed by atoms with E-state index in [9.17, 15) is 4.79 Å². The number of aromatic amines is 1. The third kappa shape index (κ3) is 3.38. The van der Waals surface area contributed by atoms with Crippen molar-refractivity contribution in [3.8, 4) is 11.4 Å². The van der Waals surface area contributed by atoms with Crippen LogP contribution >= 0.6 is 0 Å². The molecule has 1 aliphatic rings. The number of aromatic nitrogens is 4. The molecule has 1 saturated heterocycles. The van der Waals surface area contributed by atoms with Crippen LogP contribution in [0, 0.1) is 0 Å². The number of amides is 1. The summed E-state index contributed by atoms with van der Waals surface area (Å²) in [4.78, 5) is 12.5. The van der Waals surface area contributed by atoms with Gasteiger partial charge in [0.25, 0.3) is 5.91 Å². The van der Waals surface area contributed by atoms with E-state index >= 15 is 0 Å². The van der Waals surface area contributed by atoms with Gasteiger partial charge in [0.1, 0.15) is 5.60 Å². The molecular weight excluding hydrogens is 296 g/mol. The van der Waals surface area contributed by atoms with Gasteiger partial charge in [-0.15, -0.1) is 10.2 Å². The Hall–Kier alpha value is -2.32. The minimum atomic E-state index is -0.712. The number of hydrogen-bond donors (Lipinski definition) is 3. The average molecular weight is 316 g/mol. The number of benzene rings is 1. The van der Waals surface area contributed by atoms with Crippen molar-refractivity contribution in [3.05, 3.63) is 29.8 Å². The lowest BCUT2D eigenvalue weighted by Crippen LogP contribution is -2.53. The summed E-state index contributed by atoms with van der Waals surface area (Å²) in [6, 6.07) is 7.69. The molecule has 1 aromatic heterocycles. The fourth-order valence-electron chi connectivity index (χ4n) is 2.75. The summed E-state index contributed by atoms with van der Waals surface area (Å²) in [5, 5.41) is 20.0. The van der Waals surface area contributed by atoms with Crippen molar-refractivity contribution in [1.29, 1.82) is 0 Å². The maximum absolute atomic E-state index is 12.5. The van der Waals surface area contributed by atoms with Crippen LogP contribution in [0.2, 0.25) is 0 Å². The van der Waals surface area contributed by atoms with E-state index in [-0.39, 0.29) is 5.91 Å². The van der Waals surface area contributed by atoms with Crippen LogP contribution in [0.25, 0.3) is 11.4 Å². The maximum atomic E-state index is 12.5. The molecule has 1 aromatic carbocycles. The average Bonchev–Trinajstić information content (AvgIpc) is 3.15. The molecule has 122 valence electrons. The Morgan fingerprint density at radius 3 is 2.65 bits per heavy atom. The Kier molecular flexibility index (Phi) is 4.63. The van der Waals surface area contributed by atoms with E-state index in [1.54, 1.807) is 7.11 Å². The summed E-state index contributed by atoms with van der Waals surface area (Å²) in [6.45, 7) is 2.05. The van der Waals surface area contributed by atoms with Crippen LogP contribution < -0.4 is 10.6 Å².